The molecule has 2 aromatic heterocycles. The number of anilines is 1. The van der Waals surface area contributed by atoms with Crippen molar-refractivity contribution < 1.29 is 8.91 Å². The minimum atomic E-state index is -0.505. The van der Waals surface area contributed by atoms with E-state index >= 15 is 0 Å². The van der Waals surface area contributed by atoms with Crippen LogP contribution in [-0.2, 0) is 6.42 Å². The number of pyridine rings is 1. The molecule has 5 nitrogen and oxygen atoms in total. The molecule has 3 rings (SSSR count). The maximum Gasteiger partial charge on any atom is 0.260 e. The van der Waals surface area contributed by atoms with Crippen LogP contribution in [-0.4, -0.2) is 15.1 Å². The second-order valence-electron chi connectivity index (χ2n) is 4.25. The van der Waals surface area contributed by atoms with Gasteiger partial charge < -0.3 is 10.3 Å². The third-order valence-electron chi connectivity index (χ3n) is 2.84. The zero-order valence-electron chi connectivity index (χ0n) is 10.5. The van der Waals surface area contributed by atoms with Crippen molar-refractivity contribution in [1.82, 2.24) is 15.1 Å². The Labute approximate surface area is 114 Å². The molecule has 3 aromatic rings. The van der Waals surface area contributed by atoms with Crippen LogP contribution in [0.1, 0.15) is 11.4 Å². The second-order valence-corrected chi connectivity index (χ2v) is 4.25. The number of para-hydroxylation sites is 1. The monoisotopic (exact) mass is 270 g/mol. The predicted octanol–water partition coefficient (Wildman–Crippen LogP) is 2.44. The SMILES string of the molecule is Nc1c(F)cccc1-c1nc(Cc2cccnc2)no1. The van der Waals surface area contributed by atoms with Crippen molar-refractivity contribution in [1.29, 1.82) is 0 Å². The fourth-order valence-corrected chi connectivity index (χ4v) is 1.84. The lowest BCUT2D eigenvalue weighted by molar-refractivity contribution is 0.424. The molecule has 0 spiro atoms. The van der Waals surface area contributed by atoms with Gasteiger partial charge in [-0.15, -0.1) is 0 Å². The van der Waals surface area contributed by atoms with Crippen LogP contribution in [0.4, 0.5) is 10.1 Å². The van der Waals surface area contributed by atoms with Crippen molar-refractivity contribution in [3.63, 3.8) is 0 Å². The zero-order valence-corrected chi connectivity index (χ0v) is 10.5. The van der Waals surface area contributed by atoms with E-state index in [0.717, 1.165) is 5.56 Å². The Kier molecular flexibility index (Phi) is 3.12. The average Bonchev–Trinajstić information content (AvgIpc) is 2.91. The summed E-state index contributed by atoms with van der Waals surface area (Å²) in [6.45, 7) is 0. The molecule has 6 heteroatoms. The fourth-order valence-electron chi connectivity index (χ4n) is 1.84. The van der Waals surface area contributed by atoms with Gasteiger partial charge in [0.05, 0.1) is 11.3 Å². The lowest BCUT2D eigenvalue weighted by atomic mass is 10.1. The van der Waals surface area contributed by atoms with E-state index in [4.69, 9.17) is 10.3 Å². The number of benzene rings is 1. The molecule has 20 heavy (non-hydrogen) atoms. The molecule has 0 saturated heterocycles. The number of halogens is 1. The Morgan fingerprint density at radius 3 is 2.90 bits per heavy atom. The molecule has 100 valence electrons. The first kappa shape index (κ1) is 12.3. The molecule has 0 aliphatic carbocycles. The van der Waals surface area contributed by atoms with E-state index in [1.807, 2.05) is 12.1 Å². The summed E-state index contributed by atoms with van der Waals surface area (Å²) >= 11 is 0. The van der Waals surface area contributed by atoms with E-state index in [2.05, 4.69) is 15.1 Å². The molecule has 0 saturated carbocycles. The van der Waals surface area contributed by atoms with Crippen LogP contribution < -0.4 is 5.73 Å². The van der Waals surface area contributed by atoms with Gasteiger partial charge in [0.2, 0.25) is 0 Å². The van der Waals surface area contributed by atoms with Gasteiger partial charge in [0, 0.05) is 18.8 Å². The van der Waals surface area contributed by atoms with Gasteiger partial charge in [0.25, 0.3) is 5.89 Å². The van der Waals surface area contributed by atoms with Crippen molar-refractivity contribution in [2.24, 2.45) is 0 Å². The van der Waals surface area contributed by atoms with Gasteiger partial charge in [-0.05, 0) is 23.8 Å². The number of rotatable bonds is 3. The Morgan fingerprint density at radius 2 is 2.10 bits per heavy atom. The smallest absolute Gasteiger partial charge is 0.260 e. The number of nitrogen functional groups attached to an aromatic ring is 1. The first-order valence-corrected chi connectivity index (χ1v) is 6.00. The van der Waals surface area contributed by atoms with E-state index in [-0.39, 0.29) is 11.6 Å². The van der Waals surface area contributed by atoms with Gasteiger partial charge in [0.1, 0.15) is 5.82 Å². The first-order valence-electron chi connectivity index (χ1n) is 6.00. The van der Waals surface area contributed by atoms with Gasteiger partial charge >= 0.3 is 0 Å². The molecule has 2 N–H and O–H groups in total. The summed E-state index contributed by atoms with van der Waals surface area (Å²) < 4.78 is 18.5. The highest BCUT2D eigenvalue weighted by atomic mass is 19.1. The zero-order chi connectivity index (χ0) is 13.9. The fraction of sp³-hybridized carbons (Fsp3) is 0.0714. The Morgan fingerprint density at radius 1 is 1.20 bits per heavy atom. The summed E-state index contributed by atoms with van der Waals surface area (Å²) in [5, 5.41) is 3.87. The summed E-state index contributed by atoms with van der Waals surface area (Å²) in [7, 11) is 0. The highest BCUT2D eigenvalue weighted by molar-refractivity contribution is 5.70. The predicted molar refractivity (Wildman–Crippen MR) is 71.1 cm³/mol. The molecule has 0 aliphatic rings. The molecule has 0 amide bonds. The van der Waals surface area contributed by atoms with Crippen molar-refractivity contribution in [3.8, 4) is 11.5 Å². The summed E-state index contributed by atoms with van der Waals surface area (Å²) in [6.07, 6.45) is 3.91. The maximum absolute atomic E-state index is 13.4. The van der Waals surface area contributed by atoms with Crippen LogP contribution in [0.5, 0.6) is 0 Å². The van der Waals surface area contributed by atoms with Crippen LogP contribution in [0, 0.1) is 5.82 Å². The quantitative estimate of drug-likeness (QED) is 0.739. The molecule has 1 aromatic carbocycles. The van der Waals surface area contributed by atoms with Crippen molar-refractivity contribution in [2.45, 2.75) is 6.42 Å². The summed E-state index contributed by atoms with van der Waals surface area (Å²) in [4.78, 5) is 8.24. The molecule has 0 unspecified atom stereocenters. The minimum Gasteiger partial charge on any atom is -0.396 e. The van der Waals surface area contributed by atoms with E-state index in [1.165, 1.54) is 6.07 Å². The molecule has 0 bridgehead atoms. The Bertz CT molecular complexity index is 727. The molecule has 2 heterocycles. The van der Waals surface area contributed by atoms with E-state index in [1.54, 1.807) is 24.5 Å². The van der Waals surface area contributed by atoms with Crippen LogP contribution in [0.25, 0.3) is 11.5 Å². The standard InChI is InChI=1S/C14H11FN4O/c15-11-5-1-4-10(13(11)16)14-18-12(19-20-14)7-9-3-2-6-17-8-9/h1-6,8H,7,16H2. The van der Waals surface area contributed by atoms with Crippen molar-refractivity contribution >= 4 is 5.69 Å². The number of hydrogen-bond donors (Lipinski definition) is 1. The van der Waals surface area contributed by atoms with Gasteiger partial charge in [-0.25, -0.2) is 4.39 Å². The molecular formula is C14H11FN4O. The van der Waals surface area contributed by atoms with Crippen LogP contribution in [0.2, 0.25) is 0 Å². The van der Waals surface area contributed by atoms with Crippen molar-refractivity contribution in [3.05, 3.63) is 59.9 Å². The minimum absolute atomic E-state index is 0.00378. The number of aromatic nitrogens is 3. The Hall–Kier alpha value is -2.76. The molecule has 0 aliphatic heterocycles. The van der Waals surface area contributed by atoms with Crippen molar-refractivity contribution in [2.75, 3.05) is 5.73 Å². The third-order valence-corrected chi connectivity index (χ3v) is 2.84. The molecule has 0 atom stereocenters. The highest BCUT2D eigenvalue weighted by Crippen LogP contribution is 2.26. The van der Waals surface area contributed by atoms with Crippen LogP contribution in [0.15, 0.2) is 47.2 Å². The summed E-state index contributed by atoms with van der Waals surface area (Å²) in [5.74, 6) is 0.201. The highest BCUT2D eigenvalue weighted by Gasteiger charge is 2.14. The van der Waals surface area contributed by atoms with E-state index in [0.29, 0.717) is 17.8 Å². The maximum atomic E-state index is 13.4. The van der Waals surface area contributed by atoms with Crippen LogP contribution >= 0.6 is 0 Å². The normalized spacial score (nSPS) is 10.7. The van der Waals surface area contributed by atoms with Gasteiger partial charge in [-0.3, -0.25) is 4.98 Å². The number of nitrogens with two attached hydrogens (primary N) is 1. The van der Waals surface area contributed by atoms with Crippen LogP contribution in [0.3, 0.4) is 0 Å². The average molecular weight is 270 g/mol. The first-order chi connectivity index (χ1) is 9.74. The summed E-state index contributed by atoms with van der Waals surface area (Å²) in [5.41, 5.74) is 7.03. The second kappa shape index (κ2) is 5.08. The van der Waals surface area contributed by atoms with E-state index in [9.17, 15) is 4.39 Å². The molecular weight excluding hydrogens is 259 g/mol. The number of hydrogen-bond acceptors (Lipinski definition) is 5. The summed E-state index contributed by atoms with van der Waals surface area (Å²) in [6, 6.07) is 8.22. The lowest BCUT2D eigenvalue weighted by Crippen LogP contribution is -1.95. The topological polar surface area (TPSA) is 77.8 Å². The largest absolute Gasteiger partial charge is 0.396 e. The van der Waals surface area contributed by atoms with Gasteiger partial charge in [0.15, 0.2) is 5.82 Å². The van der Waals surface area contributed by atoms with Gasteiger partial charge in [-0.2, -0.15) is 4.98 Å². The lowest BCUT2D eigenvalue weighted by Gasteiger charge is -2.00. The third kappa shape index (κ3) is 2.35. The Balaban J connectivity index is 1.89. The molecule has 0 radical (unpaired) electrons. The number of nitrogens with zero attached hydrogens (tertiary/aromatic N) is 3. The molecule has 0 fully saturated rings. The van der Waals surface area contributed by atoms with E-state index < -0.39 is 5.82 Å². The van der Waals surface area contributed by atoms with Gasteiger partial charge in [-0.1, -0.05) is 17.3 Å².